The average molecular weight is 154 g/mol. The molecule has 0 aliphatic heterocycles. The lowest BCUT2D eigenvalue weighted by Gasteiger charge is -2.05. The van der Waals surface area contributed by atoms with Crippen molar-refractivity contribution in [3.63, 3.8) is 0 Å². The number of quaternary nitrogens is 1. The summed E-state index contributed by atoms with van der Waals surface area (Å²) in [5, 5.41) is 0. The maximum Gasteiger partial charge on any atom is 0.166 e. The first-order chi connectivity index (χ1) is 5.27. The highest BCUT2D eigenvalue weighted by Crippen LogP contribution is 2.27. The largest absolute Gasteiger partial charge is 0.493 e. The highest BCUT2D eigenvalue weighted by Gasteiger charge is 2.02. The zero-order valence-electron chi connectivity index (χ0n) is 6.76. The maximum absolute atomic E-state index is 5.05. The van der Waals surface area contributed by atoms with E-state index < -0.39 is 0 Å². The summed E-state index contributed by atoms with van der Waals surface area (Å²) in [7, 11) is 3.22. The van der Waals surface area contributed by atoms with Gasteiger partial charge in [0, 0.05) is 12.1 Å². The van der Waals surface area contributed by atoms with E-state index >= 15 is 0 Å². The molecule has 0 spiro atoms. The molecule has 0 atom stereocenters. The Hall–Kier alpha value is -1.22. The van der Waals surface area contributed by atoms with Gasteiger partial charge in [0.05, 0.1) is 14.2 Å². The van der Waals surface area contributed by atoms with Crippen molar-refractivity contribution < 1.29 is 15.2 Å². The van der Waals surface area contributed by atoms with Crippen molar-refractivity contribution in [2.75, 3.05) is 14.2 Å². The Morgan fingerprint density at radius 2 is 1.73 bits per heavy atom. The van der Waals surface area contributed by atoms with Crippen molar-refractivity contribution in [3.8, 4) is 11.5 Å². The van der Waals surface area contributed by atoms with Crippen LogP contribution in [0.25, 0.3) is 0 Å². The highest BCUT2D eigenvalue weighted by atomic mass is 16.5. The van der Waals surface area contributed by atoms with Crippen LogP contribution < -0.4 is 15.2 Å². The summed E-state index contributed by atoms with van der Waals surface area (Å²) < 4.78 is 10.1. The molecule has 0 unspecified atom stereocenters. The van der Waals surface area contributed by atoms with Crippen LogP contribution >= 0.6 is 0 Å². The second kappa shape index (κ2) is 3.25. The summed E-state index contributed by atoms with van der Waals surface area (Å²) in [5.41, 5.74) is 4.69. The van der Waals surface area contributed by atoms with E-state index in [1.807, 2.05) is 18.2 Å². The Morgan fingerprint density at radius 3 is 2.27 bits per heavy atom. The molecule has 1 aromatic carbocycles. The fourth-order valence-electron chi connectivity index (χ4n) is 0.881. The van der Waals surface area contributed by atoms with Gasteiger partial charge >= 0.3 is 0 Å². The molecule has 0 heterocycles. The van der Waals surface area contributed by atoms with E-state index in [-0.39, 0.29) is 0 Å². The van der Waals surface area contributed by atoms with Crippen LogP contribution in [0.1, 0.15) is 0 Å². The van der Waals surface area contributed by atoms with E-state index in [1.54, 1.807) is 14.2 Å². The lowest BCUT2D eigenvalue weighted by molar-refractivity contribution is -0.254. The van der Waals surface area contributed by atoms with Gasteiger partial charge in [-0.2, -0.15) is 0 Å². The van der Waals surface area contributed by atoms with Crippen molar-refractivity contribution in [3.05, 3.63) is 18.2 Å². The lowest BCUT2D eigenvalue weighted by Crippen LogP contribution is -2.39. The molecule has 0 radical (unpaired) electrons. The van der Waals surface area contributed by atoms with Crippen molar-refractivity contribution in [2.24, 2.45) is 0 Å². The minimum Gasteiger partial charge on any atom is -0.493 e. The summed E-state index contributed by atoms with van der Waals surface area (Å²) >= 11 is 0. The van der Waals surface area contributed by atoms with Gasteiger partial charge in [0.15, 0.2) is 11.5 Å². The molecule has 3 nitrogen and oxygen atoms in total. The van der Waals surface area contributed by atoms with Crippen molar-refractivity contribution in [2.45, 2.75) is 0 Å². The number of ether oxygens (including phenoxy) is 2. The number of hydrogen-bond donors (Lipinski definition) is 1. The molecule has 0 aliphatic carbocycles. The Bertz CT molecular complexity index is 248. The molecule has 0 aromatic heterocycles. The van der Waals surface area contributed by atoms with Gasteiger partial charge in [-0.15, -0.1) is 0 Å². The SMILES string of the molecule is COc1ccc([NH3+])cc1OC. The molecule has 0 saturated heterocycles. The summed E-state index contributed by atoms with van der Waals surface area (Å²) in [6.45, 7) is 0. The van der Waals surface area contributed by atoms with Crippen LogP contribution in [-0.2, 0) is 0 Å². The molecule has 0 amide bonds. The van der Waals surface area contributed by atoms with Gasteiger partial charge in [-0.3, -0.25) is 0 Å². The smallest absolute Gasteiger partial charge is 0.166 e. The molecule has 3 N–H and O–H groups in total. The van der Waals surface area contributed by atoms with E-state index in [0.717, 1.165) is 17.2 Å². The summed E-state index contributed by atoms with van der Waals surface area (Å²) in [5.74, 6) is 1.46. The van der Waals surface area contributed by atoms with Gasteiger partial charge in [0.25, 0.3) is 0 Å². The van der Waals surface area contributed by atoms with Crippen molar-refractivity contribution >= 4 is 5.69 Å². The maximum atomic E-state index is 5.05. The molecule has 0 bridgehead atoms. The van der Waals surface area contributed by atoms with Crippen LogP contribution in [0.3, 0.4) is 0 Å². The predicted octanol–water partition coefficient (Wildman–Crippen LogP) is 0.577. The van der Waals surface area contributed by atoms with Crippen LogP contribution in [0.2, 0.25) is 0 Å². The van der Waals surface area contributed by atoms with Crippen LogP contribution in [-0.4, -0.2) is 14.2 Å². The van der Waals surface area contributed by atoms with Crippen LogP contribution in [0.4, 0.5) is 5.69 Å². The fourth-order valence-corrected chi connectivity index (χ4v) is 0.881. The first kappa shape index (κ1) is 7.88. The third-order valence-electron chi connectivity index (χ3n) is 1.45. The number of rotatable bonds is 2. The second-order valence-electron chi connectivity index (χ2n) is 2.19. The molecular weight excluding hydrogens is 142 g/mol. The summed E-state index contributed by atoms with van der Waals surface area (Å²) in [6.07, 6.45) is 0. The van der Waals surface area contributed by atoms with E-state index in [9.17, 15) is 0 Å². The lowest BCUT2D eigenvalue weighted by atomic mass is 10.3. The van der Waals surface area contributed by atoms with Gasteiger partial charge in [0.1, 0.15) is 5.69 Å². The molecule has 1 aromatic rings. The molecule has 3 heteroatoms. The third-order valence-corrected chi connectivity index (χ3v) is 1.45. The minimum absolute atomic E-state index is 0.722. The average Bonchev–Trinajstić information content (AvgIpc) is 2.04. The van der Waals surface area contributed by atoms with Crippen molar-refractivity contribution in [1.82, 2.24) is 0 Å². The zero-order chi connectivity index (χ0) is 8.27. The van der Waals surface area contributed by atoms with Crippen LogP contribution in [0.15, 0.2) is 18.2 Å². The van der Waals surface area contributed by atoms with E-state index in [0.29, 0.717) is 0 Å². The second-order valence-corrected chi connectivity index (χ2v) is 2.19. The van der Waals surface area contributed by atoms with Gasteiger partial charge in [-0.1, -0.05) is 0 Å². The molecule has 0 aliphatic rings. The van der Waals surface area contributed by atoms with Gasteiger partial charge < -0.3 is 15.2 Å². The Morgan fingerprint density at radius 1 is 1.09 bits per heavy atom. The molecule has 0 saturated carbocycles. The summed E-state index contributed by atoms with van der Waals surface area (Å²) in [6, 6.07) is 5.54. The Balaban J connectivity index is 3.06. The molecule has 1 rings (SSSR count). The van der Waals surface area contributed by atoms with E-state index in [4.69, 9.17) is 9.47 Å². The third kappa shape index (κ3) is 1.62. The fraction of sp³-hybridized carbons (Fsp3) is 0.250. The Labute approximate surface area is 65.7 Å². The molecular formula is C8H12NO2+. The minimum atomic E-state index is 0.722. The van der Waals surface area contributed by atoms with Gasteiger partial charge in [-0.05, 0) is 6.07 Å². The highest BCUT2D eigenvalue weighted by molar-refractivity contribution is 5.47. The quantitative estimate of drug-likeness (QED) is 0.677. The topological polar surface area (TPSA) is 46.1 Å². The standard InChI is InChI=1S/C8H11NO2/c1-10-7-4-3-6(9)5-8(7)11-2/h3-5H,9H2,1-2H3/p+1. The number of benzene rings is 1. The molecule has 0 fully saturated rings. The zero-order valence-corrected chi connectivity index (χ0v) is 6.76. The number of methoxy groups -OCH3 is 2. The first-order valence-corrected chi connectivity index (χ1v) is 3.32. The van der Waals surface area contributed by atoms with E-state index in [1.165, 1.54) is 0 Å². The molecule has 11 heavy (non-hydrogen) atoms. The summed E-state index contributed by atoms with van der Waals surface area (Å²) in [4.78, 5) is 0. The Kier molecular flexibility index (Phi) is 2.33. The molecule has 60 valence electrons. The first-order valence-electron chi connectivity index (χ1n) is 3.32. The normalized spacial score (nSPS) is 9.36. The van der Waals surface area contributed by atoms with Gasteiger partial charge in [-0.25, -0.2) is 0 Å². The number of hydrogen-bond acceptors (Lipinski definition) is 2. The predicted molar refractivity (Wildman–Crippen MR) is 42.1 cm³/mol. The van der Waals surface area contributed by atoms with Crippen LogP contribution in [0.5, 0.6) is 11.5 Å². The monoisotopic (exact) mass is 154 g/mol. The van der Waals surface area contributed by atoms with Gasteiger partial charge in [0.2, 0.25) is 0 Å². The van der Waals surface area contributed by atoms with Crippen molar-refractivity contribution in [1.29, 1.82) is 0 Å². The van der Waals surface area contributed by atoms with Crippen LogP contribution in [0, 0.1) is 0 Å². The van der Waals surface area contributed by atoms with E-state index in [2.05, 4.69) is 5.73 Å².